The van der Waals surface area contributed by atoms with Gasteiger partial charge in [-0.1, -0.05) is 54.1 Å². The molecular weight excluding hydrogens is 360 g/mol. The Morgan fingerprint density at radius 3 is 2.52 bits per heavy atom. The van der Waals surface area contributed by atoms with Crippen molar-refractivity contribution in [3.8, 4) is 6.07 Å². The van der Waals surface area contributed by atoms with Crippen molar-refractivity contribution in [2.24, 2.45) is 5.73 Å². The second kappa shape index (κ2) is 6.94. The number of nitrogens with zero attached hydrogens (tertiary/aromatic N) is 1. The van der Waals surface area contributed by atoms with Gasteiger partial charge >= 0.3 is 0 Å². The number of ketones is 1. The second-order valence-corrected chi connectivity index (χ2v) is 7.19. The largest absolute Gasteiger partial charge is 0.444 e. The molecule has 0 saturated carbocycles. The first-order chi connectivity index (χ1) is 13.1. The van der Waals surface area contributed by atoms with Crippen LogP contribution < -0.4 is 5.73 Å². The predicted octanol–water partition coefficient (Wildman–Crippen LogP) is 4.55. The van der Waals surface area contributed by atoms with Crippen molar-refractivity contribution < 1.29 is 9.53 Å². The minimum absolute atomic E-state index is 0.0182. The van der Waals surface area contributed by atoms with Crippen LogP contribution in [0.5, 0.6) is 0 Å². The SMILES string of the molecule is N#CC1=C(N)OC2=C(C(=O)C[C@@H](c3cccc(Cl)c3)C2)[C@H]1c1ccccc1. The zero-order valence-corrected chi connectivity index (χ0v) is 15.2. The van der Waals surface area contributed by atoms with Crippen LogP contribution in [0.3, 0.4) is 0 Å². The minimum Gasteiger partial charge on any atom is -0.444 e. The second-order valence-electron chi connectivity index (χ2n) is 6.76. The summed E-state index contributed by atoms with van der Waals surface area (Å²) >= 11 is 6.11. The Hall–Kier alpha value is -3.03. The number of hydrogen-bond acceptors (Lipinski definition) is 4. The molecule has 1 aliphatic heterocycles. The van der Waals surface area contributed by atoms with Crippen molar-refractivity contribution >= 4 is 17.4 Å². The Morgan fingerprint density at radius 1 is 1.07 bits per heavy atom. The van der Waals surface area contributed by atoms with Gasteiger partial charge in [-0.3, -0.25) is 4.79 Å². The van der Waals surface area contributed by atoms with Crippen LogP contribution in [0.1, 0.15) is 35.8 Å². The number of allylic oxidation sites excluding steroid dienone is 3. The van der Waals surface area contributed by atoms with Crippen LogP contribution >= 0.6 is 11.6 Å². The van der Waals surface area contributed by atoms with Crippen molar-refractivity contribution in [3.63, 3.8) is 0 Å². The third kappa shape index (κ3) is 3.11. The van der Waals surface area contributed by atoms with Gasteiger partial charge in [0.25, 0.3) is 0 Å². The number of benzene rings is 2. The molecule has 2 aromatic carbocycles. The Labute approximate surface area is 162 Å². The molecular formula is C22H17ClN2O2. The molecule has 5 heteroatoms. The van der Waals surface area contributed by atoms with Gasteiger partial charge in [0, 0.05) is 23.4 Å². The van der Waals surface area contributed by atoms with E-state index in [0.717, 1.165) is 11.1 Å². The molecule has 4 rings (SSSR count). The zero-order valence-electron chi connectivity index (χ0n) is 14.5. The van der Waals surface area contributed by atoms with E-state index < -0.39 is 5.92 Å². The summed E-state index contributed by atoms with van der Waals surface area (Å²) < 4.78 is 5.76. The Balaban J connectivity index is 1.78. The third-order valence-corrected chi connectivity index (χ3v) is 5.35. The average molecular weight is 377 g/mol. The maximum atomic E-state index is 13.1. The maximum absolute atomic E-state index is 13.1. The fraction of sp³-hybridized carbons (Fsp3) is 0.182. The number of halogens is 1. The Kier molecular flexibility index (Phi) is 4.47. The summed E-state index contributed by atoms with van der Waals surface area (Å²) in [5.74, 6) is 0.108. The number of carbonyl (C=O) groups excluding carboxylic acids is 1. The molecule has 1 aliphatic carbocycles. The van der Waals surface area contributed by atoms with Crippen LogP contribution in [0.2, 0.25) is 5.02 Å². The molecule has 2 aliphatic rings. The smallest absolute Gasteiger partial charge is 0.205 e. The molecule has 134 valence electrons. The summed E-state index contributed by atoms with van der Waals surface area (Å²) in [7, 11) is 0. The first-order valence-electron chi connectivity index (χ1n) is 8.72. The van der Waals surface area contributed by atoms with E-state index in [0.29, 0.717) is 29.2 Å². The van der Waals surface area contributed by atoms with Crippen LogP contribution in [0, 0.1) is 11.3 Å². The molecule has 0 radical (unpaired) electrons. The lowest BCUT2D eigenvalue weighted by Crippen LogP contribution is -2.29. The first-order valence-corrected chi connectivity index (χ1v) is 9.10. The molecule has 1 heterocycles. The molecule has 0 unspecified atom stereocenters. The van der Waals surface area contributed by atoms with Gasteiger partial charge < -0.3 is 10.5 Å². The molecule has 2 atom stereocenters. The van der Waals surface area contributed by atoms with Crippen LogP contribution in [0.15, 0.2) is 77.4 Å². The first kappa shape index (κ1) is 17.4. The highest BCUT2D eigenvalue weighted by Gasteiger charge is 2.40. The molecule has 0 saturated heterocycles. The molecule has 0 aromatic heterocycles. The molecule has 0 amide bonds. The van der Waals surface area contributed by atoms with Gasteiger partial charge in [-0.05, 0) is 29.2 Å². The van der Waals surface area contributed by atoms with Crippen molar-refractivity contribution in [1.29, 1.82) is 5.26 Å². The van der Waals surface area contributed by atoms with E-state index in [1.807, 2.05) is 54.6 Å². The topological polar surface area (TPSA) is 76.1 Å². The van der Waals surface area contributed by atoms with Crippen LogP contribution in [0.25, 0.3) is 0 Å². The lowest BCUT2D eigenvalue weighted by molar-refractivity contribution is -0.117. The van der Waals surface area contributed by atoms with E-state index >= 15 is 0 Å². The maximum Gasteiger partial charge on any atom is 0.205 e. The van der Waals surface area contributed by atoms with Crippen molar-refractivity contribution in [2.75, 3.05) is 0 Å². The highest BCUT2D eigenvalue weighted by molar-refractivity contribution is 6.30. The van der Waals surface area contributed by atoms with E-state index in [-0.39, 0.29) is 23.2 Å². The molecule has 0 bridgehead atoms. The van der Waals surface area contributed by atoms with Gasteiger partial charge in [0.05, 0.1) is 5.92 Å². The lowest BCUT2D eigenvalue weighted by atomic mass is 9.73. The minimum atomic E-state index is -0.479. The van der Waals surface area contributed by atoms with E-state index in [2.05, 4.69) is 6.07 Å². The summed E-state index contributed by atoms with van der Waals surface area (Å²) in [6, 6.07) is 19.1. The highest BCUT2D eigenvalue weighted by Crippen LogP contribution is 2.46. The summed E-state index contributed by atoms with van der Waals surface area (Å²) in [6.07, 6.45) is 0.897. The molecule has 0 fully saturated rings. The van der Waals surface area contributed by atoms with E-state index in [1.54, 1.807) is 0 Å². The third-order valence-electron chi connectivity index (χ3n) is 5.11. The number of carbonyl (C=O) groups is 1. The van der Waals surface area contributed by atoms with E-state index in [4.69, 9.17) is 22.1 Å². The summed E-state index contributed by atoms with van der Waals surface area (Å²) in [6.45, 7) is 0. The Bertz CT molecular complexity index is 1020. The predicted molar refractivity (Wildman–Crippen MR) is 103 cm³/mol. The number of rotatable bonds is 2. The van der Waals surface area contributed by atoms with Crippen molar-refractivity contribution in [3.05, 3.63) is 93.5 Å². The zero-order chi connectivity index (χ0) is 19.0. The van der Waals surface area contributed by atoms with Crippen molar-refractivity contribution in [1.82, 2.24) is 0 Å². The van der Waals surface area contributed by atoms with Crippen LogP contribution in [-0.2, 0) is 9.53 Å². The monoisotopic (exact) mass is 376 g/mol. The number of nitrogens with two attached hydrogens (primary N) is 1. The highest BCUT2D eigenvalue weighted by atomic mass is 35.5. The lowest BCUT2D eigenvalue weighted by Gasteiger charge is -2.34. The quantitative estimate of drug-likeness (QED) is 0.834. The molecule has 4 nitrogen and oxygen atoms in total. The summed E-state index contributed by atoms with van der Waals surface area (Å²) in [5, 5.41) is 10.3. The van der Waals surface area contributed by atoms with Gasteiger partial charge in [-0.25, -0.2) is 0 Å². The Morgan fingerprint density at radius 2 is 1.81 bits per heavy atom. The fourth-order valence-corrected chi connectivity index (χ4v) is 4.08. The fourth-order valence-electron chi connectivity index (χ4n) is 3.88. The number of nitriles is 1. The van der Waals surface area contributed by atoms with Crippen LogP contribution in [0.4, 0.5) is 0 Å². The van der Waals surface area contributed by atoms with E-state index in [1.165, 1.54) is 0 Å². The van der Waals surface area contributed by atoms with E-state index in [9.17, 15) is 10.1 Å². The number of hydrogen-bond donors (Lipinski definition) is 1. The molecule has 2 N–H and O–H groups in total. The summed E-state index contributed by atoms with van der Waals surface area (Å²) in [5.41, 5.74) is 8.74. The van der Waals surface area contributed by atoms with Crippen LogP contribution in [-0.4, -0.2) is 5.78 Å². The summed E-state index contributed by atoms with van der Waals surface area (Å²) in [4.78, 5) is 13.1. The average Bonchev–Trinajstić information content (AvgIpc) is 2.67. The normalized spacial score (nSPS) is 22.1. The van der Waals surface area contributed by atoms with Crippen molar-refractivity contribution in [2.45, 2.75) is 24.7 Å². The molecule has 27 heavy (non-hydrogen) atoms. The van der Waals surface area contributed by atoms with Gasteiger partial charge in [0.1, 0.15) is 17.4 Å². The number of Topliss-reactive ketones (excluding diaryl/α,β-unsaturated/α-hetero) is 1. The standard InChI is InChI=1S/C22H17ClN2O2/c23-16-8-4-7-14(9-16)15-10-18(26)21-19(11-15)27-22(25)17(12-24)20(21)13-5-2-1-3-6-13/h1-9,15,20H,10-11,25H2/t15-,20+/m1/s1. The van der Waals surface area contributed by atoms with Gasteiger partial charge in [0.2, 0.25) is 5.88 Å². The van der Waals surface area contributed by atoms with Gasteiger partial charge in [-0.15, -0.1) is 0 Å². The molecule has 2 aromatic rings. The van der Waals surface area contributed by atoms with Gasteiger partial charge in [-0.2, -0.15) is 5.26 Å². The number of ether oxygens (including phenoxy) is 1. The van der Waals surface area contributed by atoms with Gasteiger partial charge in [0.15, 0.2) is 5.78 Å². The molecule has 0 spiro atoms.